The molecule has 1 aromatic heterocycles. The normalized spacial score (nSPS) is 19.9. The van der Waals surface area contributed by atoms with Crippen molar-refractivity contribution in [3.05, 3.63) is 41.5 Å². The third kappa shape index (κ3) is 5.21. The highest BCUT2D eigenvalue weighted by molar-refractivity contribution is 5.95. The summed E-state index contributed by atoms with van der Waals surface area (Å²) in [5, 5.41) is 0. The molecule has 1 aliphatic carbocycles. The monoisotopic (exact) mass is 489 g/mol. The molecule has 35 heavy (non-hydrogen) atoms. The van der Waals surface area contributed by atoms with Gasteiger partial charge in [0.2, 0.25) is 0 Å². The lowest BCUT2D eigenvalue weighted by atomic mass is 9.56. The third-order valence-electron chi connectivity index (χ3n) is 8.23. The number of fused-ring (bicyclic) bond motifs is 1. The number of ketones is 1. The van der Waals surface area contributed by atoms with Gasteiger partial charge in [0, 0.05) is 38.2 Å². The topological polar surface area (TPSA) is 47.4 Å². The van der Waals surface area contributed by atoms with Crippen LogP contribution in [0.3, 0.4) is 0 Å². The standard InChI is InChI=1S/C27H34F3N3O2/c1-2-22-25(33-14-4-3-5-24(33)31-22)23(34)11-6-19-17-26(18-19)12-15-32(16-13-26)20-7-9-21(10-8-20)35-27(28,29)30/h7-10,19H,2-6,11-18H2,1H3. The number of halogens is 3. The molecule has 1 aromatic carbocycles. The van der Waals surface area contributed by atoms with Gasteiger partial charge in [-0.25, -0.2) is 4.98 Å². The fourth-order valence-corrected chi connectivity index (χ4v) is 6.43. The van der Waals surface area contributed by atoms with Crippen molar-refractivity contribution in [1.29, 1.82) is 0 Å². The van der Waals surface area contributed by atoms with Gasteiger partial charge in [0.25, 0.3) is 0 Å². The number of hydrogen-bond donors (Lipinski definition) is 0. The first-order chi connectivity index (χ1) is 16.8. The van der Waals surface area contributed by atoms with Crippen LogP contribution in [0.4, 0.5) is 18.9 Å². The molecule has 0 unspecified atom stereocenters. The summed E-state index contributed by atoms with van der Waals surface area (Å²) >= 11 is 0. The molecule has 0 radical (unpaired) electrons. The van der Waals surface area contributed by atoms with E-state index in [1.807, 2.05) is 0 Å². The molecule has 0 atom stereocenters. The molecule has 1 spiro atoms. The lowest BCUT2D eigenvalue weighted by Crippen LogP contribution is -2.47. The Balaban J connectivity index is 1.09. The second kappa shape index (κ2) is 9.51. The summed E-state index contributed by atoms with van der Waals surface area (Å²) in [6.07, 6.45) is 5.51. The lowest BCUT2D eigenvalue weighted by Gasteiger charge is -2.53. The number of aromatic nitrogens is 2. The smallest absolute Gasteiger partial charge is 0.406 e. The number of ether oxygens (including phenoxy) is 1. The summed E-state index contributed by atoms with van der Waals surface area (Å²) in [4.78, 5) is 20.1. The minimum Gasteiger partial charge on any atom is -0.406 e. The van der Waals surface area contributed by atoms with Gasteiger partial charge in [0.05, 0.1) is 5.69 Å². The van der Waals surface area contributed by atoms with E-state index in [2.05, 4.69) is 21.1 Å². The zero-order valence-electron chi connectivity index (χ0n) is 20.4. The van der Waals surface area contributed by atoms with Crippen LogP contribution in [-0.4, -0.2) is 34.8 Å². The Morgan fingerprint density at radius 2 is 1.83 bits per heavy atom. The Morgan fingerprint density at radius 3 is 2.49 bits per heavy atom. The fraction of sp³-hybridized carbons (Fsp3) is 0.630. The summed E-state index contributed by atoms with van der Waals surface area (Å²) in [6.45, 7) is 4.82. The van der Waals surface area contributed by atoms with Crippen molar-refractivity contribution in [2.24, 2.45) is 11.3 Å². The molecule has 8 heteroatoms. The van der Waals surface area contributed by atoms with Crippen molar-refractivity contribution in [3.8, 4) is 5.75 Å². The van der Waals surface area contributed by atoms with Crippen LogP contribution in [0.2, 0.25) is 0 Å². The molecule has 0 N–H and O–H groups in total. The van der Waals surface area contributed by atoms with Gasteiger partial charge in [-0.05, 0) is 87.0 Å². The molecule has 0 amide bonds. The summed E-state index contributed by atoms with van der Waals surface area (Å²) < 4.78 is 43.3. The van der Waals surface area contributed by atoms with Crippen molar-refractivity contribution in [3.63, 3.8) is 0 Å². The van der Waals surface area contributed by atoms with E-state index < -0.39 is 6.36 Å². The van der Waals surface area contributed by atoms with Gasteiger partial charge in [0.1, 0.15) is 17.3 Å². The van der Waals surface area contributed by atoms with Gasteiger partial charge < -0.3 is 14.2 Å². The van der Waals surface area contributed by atoms with E-state index in [1.165, 1.54) is 25.0 Å². The predicted molar refractivity (Wildman–Crippen MR) is 128 cm³/mol. The number of anilines is 1. The van der Waals surface area contributed by atoms with Crippen LogP contribution in [0.1, 0.15) is 80.3 Å². The predicted octanol–water partition coefficient (Wildman–Crippen LogP) is 6.34. The van der Waals surface area contributed by atoms with Crippen LogP contribution in [0.15, 0.2) is 24.3 Å². The second-order valence-electron chi connectivity index (χ2n) is 10.6. The number of benzene rings is 1. The number of nitrogens with zero attached hydrogens (tertiary/aromatic N) is 3. The molecule has 0 bridgehead atoms. The molecule has 3 heterocycles. The third-order valence-corrected chi connectivity index (χ3v) is 8.23. The van der Waals surface area contributed by atoms with Gasteiger partial charge >= 0.3 is 6.36 Å². The zero-order chi connectivity index (χ0) is 24.6. The number of imidazole rings is 1. The van der Waals surface area contributed by atoms with Gasteiger partial charge in [-0.15, -0.1) is 13.2 Å². The van der Waals surface area contributed by atoms with E-state index in [1.54, 1.807) is 12.1 Å². The number of hydrogen-bond acceptors (Lipinski definition) is 4. The molecular weight excluding hydrogens is 455 g/mol. The van der Waals surface area contributed by atoms with Gasteiger partial charge in [-0.3, -0.25) is 4.79 Å². The highest BCUT2D eigenvalue weighted by atomic mass is 19.4. The largest absolute Gasteiger partial charge is 0.573 e. The van der Waals surface area contributed by atoms with Crippen LogP contribution in [0.5, 0.6) is 5.75 Å². The highest BCUT2D eigenvalue weighted by Crippen LogP contribution is 2.54. The molecule has 5 rings (SSSR count). The summed E-state index contributed by atoms with van der Waals surface area (Å²) in [7, 11) is 0. The minimum absolute atomic E-state index is 0.186. The Hall–Kier alpha value is -2.51. The highest BCUT2D eigenvalue weighted by Gasteiger charge is 2.45. The molecule has 2 aromatic rings. The molecule has 5 nitrogen and oxygen atoms in total. The van der Waals surface area contributed by atoms with Crippen LogP contribution in [0.25, 0.3) is 0 Å². The number of piperidine rings is 1. The van der Waals surface area contributed by atoms with Crippen LogP contribution in [0, 0.1) is 11.3 Å². The molecule has 2 fully saturated rings. The summed E-state index contributed by atoms with van der Waals surface area (Å²) in [6, 6.07) is 6.17. The van der Waals surface area contributed by atoms with Crippen LogP contribution >= 0.6 is 0 Å². The maximum Gasteiger partial charge on any atom is 0.573 e. The van der Waals surface area contributed by atoms with Crippen molar-refractivity contribution in [2.75, 3.05) is 18.0 Å². The Kier molecular flexibility index (Phi) is 6.57. The number of aryl methyl sites for hydroxylation is 2. The quantitative estimate of drug-likeness (QED) is 0.426. The van der Waals surface area contributed by atoms with Crippen molar-refractivity contribution >= 4 is 11.5 Å². The first-order valence-electron chi connectivity index (χ1n) is 13.0. The lowest BCUT2D eigenvalue weighted by molar-refractivity contribution is -0.274. The molecule has 3 aliphatic rings. The summed E-state index contributed by atoms with van der Waals surface area (Å²) in [5.41, 5.74) is 3.15. The van der Waals surface area contributed by atoms with E-state index in [0.717, 1.165) is 87.5 Å². The molecule has 1 saturated heterocycles. The van der Waals surface area contributed by atoms with E-state index in [0.29, 0.717) is 17.8 Å². The number of carbonyl (C=O) groups is 1. The molecular formula is C27H34F3N3O2. The number of carbonyl (C=O) groups excluding carboxylic acids is 1. The van der Waals surface area contributed by atoms with Crippen molar-refractivity contribution < 1.29 is 22.7 Å². The Labute approximate surface area is 204 Å². The maximum atomic E-state index is 13.1. The number of Topliss-reactive ketones (excluding diaryl/α,β-unsaturated/α-hetero) is 1. The molecule has 190 valence electrons. The van der Waals surface area contributed by atoms with Gasteiger partial charge in [-0.2, -0.15) is 0 Å². The fourth-order valence-electron chi connectivity index (χ4n) is 6.43. The summed E-state index contributed by atoms with van der Waals surface area (Å²) in [5.74, 6) is 1.77. The Bertz CT molecular complexity index is 1040. The molecule has 1 saturated carbocycles. The first-order valence-corrected chi connectivity index (χ1v) is 13.0. The number of alkyl halides is 3. The van der Waals surface area contributed by atoms with E-state index in [-0.39, 0.29) is 11.5 Å². The van der Waals surface area contributed by atoms with Gasteiger partial charge in [-0.1, -0.05) is 6.92 Å². The average Bonchev–Trinajstić information content (AvgIpc) is 3.20. The maximum absolute atomic E-state index is 13.1. The van der Waals surface area contributed by atoms with E-state index in [4.69, 9.17) is 4.98 Å². The van der Waals surface area contributed by atoms with Crippen molar-refractivity contribution in [1.82, 2.24) is 9.55 Å². The first kappa shape index (κ1) is 24.2. The SMILES string of the molecule is CCc1nc2n(c1C(=O)CCC1CC3(CCN(c4ccc(OC(F)(F)F)cc4)CC3)C1)CCCC2. The Morgan fingerprint density at radius 1 is 1.11 bits per heavy atom. The van der Waals surface area contributed by atoms with E-state index >= 15 is 0 Å². The minimum atomic E-state index is -4.67. The second-order valence-corrected chi connectivity index (χ2v) is 10.6. The van der Waals surface area contributed by atoms with E-state index in [9.17, 15) is 18.0 Å². The van der Waals surface area contributed by atoms with Crippen LogP contribution in [-0.2, 0) is 19.4 Å². The van der Waals surface area contributed by atoms with Crippen LogP contribution < -0.4 is 9.64 Å². The van der Waals surface area contributed by atoms with Crippen molar-refractivity contribution in [2.45, 2.75) is 84.0 Å². The number of rotatable bonds is 7. The zero-order valence-corrected chi connectivity index (χ0v) is 20.4. The van der Waals surface area contributed by atoms with Gasteiger partial charge in [0.15, 0.2) is 5.78 Å². The average molecular weight is 490 g/mol. The molecule has 2 aliphatic heterocycles.